The number of nitrogens with zero attached hydrogens (tertiary/aromatic N) is 4. The lowest BCUT2D eigenvalue weighted by atomic mass is 10.1. The minimum absolute atomic E-state index is 0.0297. The van der Waals surface area contributed by atoms with Crippen LogP contribution in [0.5, 0.6) is 5.75 Å². The van der Waals surface area contributed by atoms with Crippen LogP contribution in [0.4, 0.5) is 10.2 Å². The van der Waals surface area contributed by atoms with Gasteiger partial charge < -0.3 is 15.0 Å². The van der Waals surface area contributed by atoms with E-state index in [4.69, 9.17) is 10.5 Å². The van der Waals surface area contributed by atoms with Crippen molar-refractivity contribution in [1.82, 2.24) is 24.2 Å². The number of benzene rings is 1. The fraction of sp³-hybridized carbons (Fsp3) is 0.476. The van der Waals surface area contributed by atoms with Crippen LogP contribution in [-0.2, 0) is 29.4 Å². The zero-order valence-electron chi connectivity index (χ0n) is 18.7. The summed E-state index contributed by atoms with van der Waals surface area (Å²) in [5.74, 6) is 1.49. The third-order valence-electron chi connectivity index (χ3n) is 5.54. The fourth-order valence-electron chi connectivity index (χ4n) is 3.61. The number of sulfonamides is 1. The molecule has 1 aromatic carbocycles. The lowest BCUT2D eigenvalue weighted by Gasteiger charge is -2.19. The molecule has 12 heteroatoms. The maximum absolute atomic E-state index is 14.0. The van der Waals surface area contributed by atoms with Crippen molar-refractivity contribution in [2.45, 2.75) is 51.3 Å². The molecule has 0 saturated heterocycles. The number of aromatic nitrogens is 4. The molecular formula is C21H26FIN6O3S. The summed E-state index contributed by atoms with van der Waals surface area (Å²) in [5.41, 5.74) is 8.74. The molecule has 3 aromatic rings. The molecule has 0 spiro atoms. The molecule has 0 radical (unpaired) electrons. The molecule has 1 aliphatic heterocycles. The third-order valence-corrected chi connectivity index (χ3v) is 8.74. The van der Waals surface area contributed by atoms with Gasteiger partial charge in [-0.25, -0.2) is 18.1 Å². The molecule has 0 bridgehead atoms. The molecule has 33 heavy (non-hydrogen) atoms. The Hall–Kier alpha value is -2.06. The number of ether oxygens (including phenoxy) is 1. The van der Waals surface area contributed by atoms with Crippen LogP contribution in [0.3, 0.4) is 0 Å². The summed E-state index contributed by atoms with van der Waals surface area (Å²) >= 11 is 2.29. The Bertz CT molecular complexity index is 1320. The number of rotatable bonds is 7. The van der Waals surface area contributed by atoms with Gasteiger partial charge in [-0.2, -0.15) is 14.4 Å². The van der Waals surface area contributed by atoms with E-state index in [1.165, 1.54) is 5.56 Å². The Balaban J connectivity index is 1.63. The van der Waals surface area contributed by atoms with Crippen LogP contribution in [-0.4, -0.2) is 45.8 Å². The van der Waals surface area contributed by atoms with Crippen molar-refractivity contribution in [1.29, 1.82) is 0 Å². The van der Waals surface area contributed by atoms with Crippen LogP contribution in [0, 0.1) is 9.65 Å². The highest BCUT2D eigenvalue weighted by Gasteiger charge is 2.28. The molecule has 9 nitrogen and oxygen atoms in total. The van der Waals surface area contributed by atoms with Crippen LogP contribution >= 0.6 is 22.6 Å². The second kappa shape index (κ2) is 8.95. The number of fused-ring (bicyclic) bond motifs is 2. The zero-order chi connectivity index (χ0) is 24.0. The molecule has 0 saturated carbocycles. The molecule has 1 aliphatic rings. The molecule has 3 N–H and O–H groups in total. The Kier molecular flexibility index (Phi) is 6.53. The summed E-state index contributed by atoms with van der Waals surface area (Å²) in [7, 11) is -3.46. The first kappa shape index (κ1) is 24.1. The van der Waals surface area contributed by atoms with E-state index in [1.54, 1.807) is 25.3 Å². The lowest BCUT2D eigenvalue weighted by molar-refractivity contribution is 0.356. The van der Waals surface area contributed by atoms with Crippen LogP contribution in [0.25, 0.3) is 11.2 Å². The standard InChI is InChI=1S/C21H26FIN6O3S/c1-21(2,3)33(30,31)25-6-4-7-29-16(26-17-18(24)27-20(22)28-19(17)29)11-13-10-15-12(5-8-32-15)9-14(13)23/h9-10,25H,4-8,11H2,1-3H3,(H2,24,27,28). The molecule has 178 valence electrons. The maximum atomic E-state index is 14.0. The van der Waals surface area contributed by atoms with Gasteiger partial charge >= 0.3 is 6.08 Å². The van der Waals surface area contributed by atoms with Gasteiger partial charge in [0, 0.05) is 29.5 Å². The Morgan fingerprint density at radius 1 is 1.27 bits per heavy atom. The number of hydrogen-bond donors (Lipinski definition) is 2. The van der Waals surface area contributed by atoms with Gasteiger partial charge in [0.05, 0.1) is 11.4 Å². The predicted molar refractivity (Wildman–Crippen MR) is 132 cm³/mol. The summed E-state index contributed by atoms with van der Waals surface area (Å²) in [4.78, 5) is 12.1. The number of nitrogens with one attached hydrogen (secondary N) is 1. The quantitative estimate of drug-likeness (QED) is 0.247. The van der Waals surface area contributed by atoms with Crippen LogP contribution in [0.1, 0.15) is 44.1 Å². The minimum Gasteiger partial charge on any atom is -0.493 e. The van der Waals surface area contributed by atoms with Gasteiger partial charge in [0.2, 0.25) is 10.0 Å². The van der Waals surface area contributed by atoms with Gasteiger partial charge in [0.25, 0.3) is 0 Å². The second-order valence-corrected chi connectivity index (χ2v) is 12.6. The predicted octanol–water partition coefficient (Wildman–Crippen LogP) is 2.79. The molecule has 0 amide bonds. The second-order valence-electron chi connectivity index (χ2n) is 8.92. The average Bonchev–Trinajstić information content (AvgIpc) is 3.29. The molecule has 3 heterocycles. The maximum Gasteiger partial charge on any atom is 0.312 e. The van der Waals surface area contributed by atoms with Gasteiger partial charge in [-0.05, 0) is 73.0 Å². The summed E-state index contributed by atoms with van der Waals surface area (Å²) in [5, 5.41) is 0. The van der Waals surface area contributed by atoms with E-state index < -0.39 is 20.8 Å². The Morgan fingerprint density at radius 2 is 2.03 bits per heavy atom. The van der Waals surface area contributed by atoms with E-state index in [2.05, 4.69) is 48.3 Å². The molecule has 2 aromatic heterocycles. The number of halogens is 2. The lowest BCUT2D eigenvalue weighted by Crippen LogP contribution is -2.39. The smallest absolute Gasteiger partial charge is 0.312 e. The summed E-state index contributed by atoms with van der Waals surface area (Å²) < 4.78 is 48.9. The highest BCUT2D eigenvalue weighted by atomic mass is 127. The van der Waals surface area contributed by atoms with Crippen molar-refractivity contribution in [3.8, 4) is 5.75 Å². The summed E-state index contributed by atoms with van der Waals surface area (Å²) in [6.45, 7) is 6.20. The van der Waals surface area contributed by atoms with Crippen LogP contribution < -0.4 is 15.2 Å². The topological polar surface area (TPSA) is 125 Å². The van der Waals surface area contributed by atoms with E-state index in [9.17, 15) is 12.8 Å². The largest absolute Gasteiger partial charge is 0.493 e. The summed E-state index contributed by atoms with van der Waals surface area (Å²) in [6, 6.07) is 4.13. The number of nitrogen functional groups attached to an aromatic ring is 1. The van der Waals surface area contributed by atoms with Crippen molar-refractivity contribution in [3.05, 3.63) is 38.7 Å². The number of nitrogens with two attached hydrogens (primary N) is 1. The highest BCUT2D eigenvalue weighted by Crippen LogP contribution is 2.31. The normalized spacial score (nSPS) is 14.0. The van der Waals surface area contributed by atoms with Crippen molar-refractivity contribution >= 4 is 49.6 Å². The van der Waals surface area contributed by atoms with Crippen LogP contribution in [0.15, 0.2) is 12.1 Å². The van der Waals surface area contributed by atoms with Gasteiger partial charge in [-0.1, -0.05) is 0 Å². The Morgan fingerprint density at radius 3 is 2.76 bits per heavy atom. The van der Waals surface area contributed by atoms with E-state index in [0.717, 1.165) is 21.3 Å². The van der Waals surface area contributed by atoms with Crippen molar-refractivity contribution in [3.63, 3.8) is 0 Å². The van der Waals surface area contributed by atoms with Crippen molar-refractivity contribution in [2.24, 2.45) is 0 Å². The average molecular weight is 588 g/mol. The molecule has 4 rings (SSSR count). The first-order valence-electron chi connectivity index (χ1n) is 10.6. The van der Waals surface area contributed by atoms with Crippen LogP contribution in [0.2, 0.25) is 0 Å². The molecule has 0 fully saturated rings. The molecule has 0 unspecified atom stereocenters. The Labute approximate surface area is 205 Å². The monoisotopic (exact) mass is 588 g/mol. The number of imidazole rings is 1. The molecule has 0 atom stereocenters. The van der Waals surface area contributed by atoms with Gasteiger partial charge in [-0.15, -0.1) is 0 Å². The number of anilines is 1. The van der Waals surface area contributed by atoms with Crippen molar-refractivity contribution in [2.75, 3.05) is 18.9 Å². The first-order valence-corrected chi connectivity index (χ1v) is 13.1. The summed E-state index contributed by atoms with van der Waals surface area (Å²) in [6.07, 6.45) is 0.880. The van der Waals surface area contributed by atoms with E-state index >= 15 is 0 Å². The highest BCUT2D eigenvalue weighted by molar-refractivity contribution is 14.1. The SMILES string of the molecule is CC(C)(C)S(=O)(=O)NCCCn1c(Cc2cc3c(cc2I)CCO3)nc2c(N)nc(F)nc21. The van der Waals surface area contributed by atoms with Gasteiger partial charge in [0.1, 0.15) is 11.6 Å². The van der Waals surface area contributed by atoms with Gasteiger partial charge in [0.15, 0.2) is 17.0 Å². The molecular weight excluding hydrogens is 562 g/mol. The van der Waals surface area contributed by atoms with E-state index in [1.807, 2.05) is 6.07 Å². The van der Waals surface area contributed by atoms with E-state index in [0.29, 0.717) is 43.0 Å². The van der Waals surface area contributed by atoms with Gasteiger partial charge in [-0.3, -0.25) is 0 Å². The number of aryl methyl sites for hydroxylation is 1. The fourth-order valence-corrected chi connectivity index (χ4v) is 5.18. The van der Waals surface area contributed by atoms with Crippen molar-refractivity contribution < 1.29 is 17.5 Å². The minimum atomic E-state index is -3.46. The van der Waals surface area contributed by atoms with E-state index in [-0.39, 0.29) is 12.4 Å². The third kappa shape index (κ3) is 4.92. The molecule has 0 aliphatic carbocycles. The first-order chi connectivity index (χ1) is 15.5. The zero-order valence-corrected chi connectivity index (χ0v) is 21.6. The number of hydrogen-bond acceptors (Lipinski definition) is 7.